The van der Waals surface area contributed by atoms with E-state index in [1.54, 1.807) is 0 Å². The average Bonchev–Trinajstić information content (AvgIpc) is 2.41. The van der Waals surface area contributed by atoms with E-state index in [4.69, 9.17) is 17.4 Å². The van der Waals surface area contributed by atoms with E-state index >= 15 is 0 Å². The molecule has 112 valence electrons. The highest BCUT2D eigenvalue weighted by Crippen LogP contribution is 2.28. The van der Waals surface area contributed by atoms with Gasteiger partial charge < -0.3 is 0 Å². The highest BCUT2D eigenvalue weighted by molar-refractivity contribution is 6.30. The van der Waals surface area contributed by atoms with E-state index in [9.17, 15) is 0 Å². The van der Waals surface area contributed by atoms with Crippen LogP contribution in [-0.4, -0.2) is 0 Å². The van der Waals surface area contributed by atoms with Crippen molar-refractivity contribution in [1.29, 1.82) is 0 Å². The zero-order valence-electron chi connectivity index (χ0n) is 13.1. The fraction of sp³-hybridized carbons (Fsp3) is 0.333. The molecule has 0 spiro atoms. The zero-order valence-corrected chi connectivity index (χ0v) is 13.8. The molecule has 0 fully saturated rings. The Morgan fingerprint density at radius 2 is 1.67 bits per heavy atom. The van der Waals surface area contributed by atoms with Gasteiger partial charge in [0.1, 0.15) is 0 Å². The minimum absolute atomic E-state index is 0.0312. The van der Waals surface area contributed by atoms with Crippen molar-refractivity contribution in [3.63, 3.8) is 0 Å². The van der Waals surface area contributed by atoms with Gasteiger partial charge in [-0.15, -0.1) is 0 Å². The average molecular weight is 303 g/mol. The van der Waals surface area contributed by atoms with E-state index in [2.05, 4.69) is 57.4 Å². The van der Waals surface area contributed by atoms with Crippen LogP contribution in [-0.2, 0) is 5.41 Å². The second-order valence-corrected chi connectivity index (χ2v) is 6.91. The minimum atomic E-state index is -0.0312. The first-order valence-corrected chi connectivity index (χ1v) is 7.53. The molecule has 2 rings (SSSR count). The third-order valence-electron chi connectivity index (χ3n) is 3.82. The molecule has 0 amide bonds. The van der Waals surface area contributed by atoms with Crippen LogP contribution in [0.2, 0.25) is 5.02 Å². The summed E-state index contributed by atoms with van der Waals surface area (Å²) in [7, 11) is 0. The van der Waals surface area contributed by atoms with E-state index < -0.39 is 0 Å². The first-order chi connectivity index (χ1) is 9.82. The lowest BCUT2D eigenvalue weighted by Gasteiger charge is -2.22. The van der Waals surface area contributed by atoms with Gasteiger partial charge in [0.15, 0.2) is 0 Å². The molecular weight excluding hydrogens is 280 g/mol. The minimum Gasteiger partial charge on any atom is -0.271 e. The van der Waals surface area contributed by atoms with E-state index in [1.807, 2.05) is 18.2 Å². The molecule has 0 aliphatic carbocycles. The summed E-state index contributed by atoms with van der Waals surface area (Å²) in [6.07, 6.45) is 0. The number of nitrogens with two attached hydrogens (primary N) is 1. The van der Waals surface area contributed by atoms with Gasteiger partial charge in [-0.25, -0.2) is 5.43 Å². The molecule has 0 saturated carbocycles. The van der Waals surface area contributed by atoms with Crippen LogP contribution in [0.4, 0.5) is 0 Å². The summed E-state index contributed by atoms with van der Waals surface area (Å²) < 4.78 is 0. The van der Waals surface area contributed by atoms with Crippen molar-refractivity contribution in [3.05, 3.63) is 69.7 Å². The van der Waals surface area contributed by atoms with Gasteiger partial charge in [-0.05, 0) is 46.7 Å². The predicted octanol–water partition coefficient (Wildman–Crippen LogP) is 4.50. The van der Waals surface area contributed by atoms with Gasteiger partial charge in [0.25, 0.3) is 0 Å². The van der Waals surface area contributed by atoms with Crippen molar-refractivity contribution < 1.29 is 0 Å². The summed E-state index contributed by atoms with van der Waals surface area (Å²) in [5.74, 6) is 5.78. The standard InChI is InChI=1S/C18H23ClN2/c1-12-11-15(19)9-10-16(12)17(21-20)13-5-7-14(8-6-13)18(2,3)4/h5-11,17,21H,20H2,1-4H3. The number of hydrazine groups is 1. The Hall–Kier alpha value is -1.35. The van der Waals surface area contributed by atoms with Crippen LogP contribution in [0.15, 0.2) is 42.5 Å². The lowest BCUT2D eigenvalue weighted by Crippen LogP contribution is -2.29. The third-order valence-corrected chi connectivity index (χ3v) is 4.05. The molecule has 2 aromatic rings. The number of aryl methyl sites for hydroxylation is 1. The molecule has 0 aliphatic heterocycles. The molecule has 2 nitrogen and oxygen atoms in total. The highest BCUT2D eigenvalue weighted by atomic mass is 35.5. The van der Waals surface area contributed by atoms with E-state index in [-0.39, 0.29) is 11.5 Å². The van der Waals surface area contributed by atoms with Crippen molar-refractivity contribution in [2.45, 2.75) is 39.2 Å². The van der Waals surface area contributed by atoms with Gasteiger partial charge in [0, 0.05) is 5.02 Å². The molecule has 0 bridgehead atoms. The molecule has 0 saturated heterocycles. The number of benzene rings is 2. The lowest BCUT2D eigenvalue weighted by atomic mass is 9.85. The molecule has 1 atom stereocenters. The molecule has 0 radical (unpaired) electrons. The maximum Gasteiger partial charge on any atom is 0.0712 e. The van der Waals surface area contributed by atoms with E-state index in [1.165, 1.54) is 5.56 Å². The first kappa shape index (κ1) is 16.0. The molecule has 21 heavy (non-hydrogen) atoms. The van der Waals surface area contributed by atoms with Crippen molar-refractivity contribution in [2.24, 2.45) is 5.84 Å². The number of halogens is 1. The Labute approximate surface area is 132 Å². The number of hydrogen-bond donors (Lipinski definition) is 2. The summed E-state index contributed by atoms with van der Waals surface area (Å²) in [4.78, 5) is 0. The fourth-order valence-electron chi connectivity index (χ4n) is 2.50. The first-order valence-electron chi connectivity index (χ1n) is 7.15. The monoisotopic (exact) mass is 302 g/mol. The van der Waals surface area contributed by atoms with Crippen LogP contribution in [0.5, 0.6) is 0 Å². The van der Waals surface area contributed by atoms with Crippen molar-refractivity contribution in [2.75, 3.05) is 0 Å². The lowest BCUT2D eigenvalue weighted by molar-refractivity contribution is 0.587. The van der Waals surface area contributed by atoms with Gasteiger partial charge in [-0.2, -0.15) is 0 Å². The van der Waals surface area contributed by atoms with Crippen LogP contribution in [0.25, 0.3) is 0 Å². The molecular formula is C18H23ClN2. The van der Waals surface area contributed by atoms with Crippen LogP contribution < -0.4 is 11.3 Å². The Morgan fingerprint density at radius 1 is 1.05 bits per heavy atom. The summed E-state index contributed by atoms with van der Waals surface area (Å²) in [6, 6.07) is 14.5. The molecule has 3 heteroatoms. The smallest absolute Gasteiger partial charge is 0.0712 e. The Morgan fingerprint density at radius 3 is 2.14 bits per heavy atom. The Balaban J connectivity index is 2.37. The van der Waals surface area contributed by atoms with E-state index in [0.29, 0.717) is 0 Å². The summed E-state index contributed by atoms with van der Waals surface area (Å²) in [5, 5.41) is 0.745. The third kappa shape index (κ3) is 3.65. The fourth-order valence-corrected chi connectivity index (χ4v) is 2.73. The zero-order chi connectivity index (χ0) is 15.6. The maximum atomic E-state index is 6.03. The summed E-state index contributed by atoms with van der Waals surface area (Å²) in [6.45, 7) is 8.69. The molecule has 2 aromatic carbocycles. The SMILES string of the molecule is Cc1cc(Cl)ccc1C(NN)c1ccc(C(C)(C)C)cc1. The molecule has 0 aromatic heterocycles. The van der Waals surface area contributed by atoms with Crippen LogP contribution >= 0.6 is 11.6 Å². The van der Waals surface area contributed by atoms with Crippen LogP contribution in [0, 0.1) is 6.92 Å². The number of rotatable bonds is 3. The number of nitrogens with one attached hydrogen (secondary N) is 1. The summed E-state index contributed by atoms with van der Waals surface area (Å²) >= 11 is 6.03. The van der Waals surface area contributed by atoms with Crippen molar-refractivity contribution in [3.8, 4) is 0 Å². The van der Waals surface area contributed by atoms with Gasteiger partial charge in [0.05, 0.1) is 6.04 Å². The van der Waals surface area contributed by atoms with Crippen LogP contribution in [0.1, 0.15) is 49.1 Å². The Bertz CT molecular complexity index is 612. The quantitative estimate of drug-likeness (QED) is 0.647. The van der Waals surface area contributed by atoms with Crippen LogP contribution in [0.3, 0.4) is 0 Å². The van der Waals surface area contributed by atoms with Gasteiger partial charge in [-0.1, -0.05) is 62.7 Å². The predicted molar refractivity (Wildman–Crippen MR) is 90.5 cm³/mol. The second kappa shape index (κ2) is 6.18. The van der Waals surface area contributed by atoms with Gasteiger partial charge in [0.2, 0.25) is 0 Å². The van der Waals surface area contributed by atoms with Crippen molar-refractivity contribution >= 4 is 11.6 Å². The van der Waals surface area contributed by atoms with E-state index in [0.717, 1.165) is 21.7 Å². The Kier molecular flexibility index (Phi) is 4.72. The molecule has 3 N–H and O–H groups in total. The maximum absolute atomic E-state index is 6.03. The topological polar surface area (TPSA) is 38.0 Å². The van der Waals surface area contributed by atoms with Gasteiger partial charge >= 0.3 is 0 Å². The molecule has 1 unspecified atom stereocenters. The summed E-state index contributed by atoms with van der Waals surface area (Å²) in [5.41, 5.74) is 7.80. The largest absolute Gasteiger partial charge is 0.271 e. The van der Waals surface area contributed by atoms with Gasteiger partial charge in [-0.3, -0.25) is 5.84 Å². The van der Waals surface area contributed by atoms with Crippen molar-refractivity contribution in [1.82, 2.24) is 5.43 Å². The molecule has 0 heterocycles. The normalized spacial score (nSPS) is 13.2. The molecule has 0 aliphatic rings. The number of hydrogen-bond acceptors (Lipinski definition) is 2. The second-order valence-electron chi connectivity index (χ2n) is 6.47. The highest BCUT2D eigenvalue weighted by Gasteiger charge is 2.17.